The van der Waals surface area contributed by atoms with E-state index in [0.717, 1.165) is 12.0 Å². The number of ether oxygens (including phenoxy) is 2. The van der Waals surface area contributed by atoms with Crippen LogP contribution in [0.4, 0.5) is 0 Å². The van der Waals surface area contributed by atoms with E-state index in [9.17, 15) is 4.79 Å². The van der Waals surface area contributed by atoms with Gasteiger partial charge in [0.05, 0.1) is 25.0 Å². The van der Waals surface area contributed by atoms with E-state index in [4.69, 9.17) is 9.47 Å². The lowest BCUT2D eigenvalue weighted by Crippen LogP contribution is -2.03. The number of oxime groups is 1. The Balaban J connectivity index is 1.70. The van der Waals surface area contributed by atoms with Crippen LogP contribution in [0.15, 0.2) is 59.3 Å². The highest BCUT2D eigenvalue weighted by molar-refractivity contribution is 6.24. The van der Waals surface area contributed by atoms with E-state index in [1.807, 2.05) is 36.4 Å². The summed E-state index contributed by atoms with van der Waals surface area (Å²) in [6.45, 7) is 2.29. The van der Waals surface area contributed by atoms with Gasteiger partial charge < -0.3 is 14.3 Å². The molecule has 5 nitrogen and oxygen atoms in total. The Hall–Kier alpha value is -3.08. The first-order valence-corrected chi connectivity index (χ1v) is 8.00. The molecule has 0 N–H and O–H groups in total. The Morgan fingerprint density at radius 3 is 2.60 bits per heavy atom. The molecule has 0 amide bonds. The third-order valence-corrected chi connectivity index (χ3v) is 3.87. The summed E-state index contributed by atoms with van der Waals surface area (Å²) in [5.41, 5.74) is 3.04. The number of hydrogen-bond donors (Lipinski definition) is 0. The second kappa shape index (κ2) is 7.66. The highest BCUT2D eigenvalue weighted by Crippen LogP contribution is 2.29. The minimum Gasteiger partial charge on any atom is -0.493 e. The van der Waals surface area contributed by atoms with E-state index in [-0.39, 0.29) is 0 Å². The van der Waals surface area contributed by atoms with Gasteiger partial charge >= 0.3 is 5.97 Å². The molecule has 1 heterocycles. The van der Waals surface area contributed by atoms with E-state index in [1.54, 1.807) is 20.1 Å². The van der Waals surface area contributed by atoms with Gasteiger partial charge in [0.15, 0.2) is 11.5 Å². The number of methoxy groups -OCH3 is 1. The molecular weight excluding hydrogens is 318 g/mol. The second-order valence-electron chi connectivity index (χ2n) is 5.61. The summed E-state index contributed by atoms with van der Waals surface area (Å²) in [5.74, 6) is 0.836. The lowest BCUT2D eigenvalue weighted by Gasteiger charge is -2.11. The Morgan fingerprint density at radius 1 is 1.12 bits per heavy atom. The fourth-order valence-corrected chi connectivity index (χ4v) is 2.50. The first-order chi connectivity index (χ1) is 12.2. The molecule has 0 bridgehead atoms. The summed E-state index contributed by atoms with van der Waals surface area (Å²) < 4.78 is 11.2. The minimum absolute atomic E-state index is 0.444. The molecule has 0 radical (unpaired) electrons. The molecule has 0 fully saturated rings. The SMILES string of the molecule is COc1cc(/C=C2/C(=O)ON=C2C)ccc1OCCc1ccccc1. The molecule has 2 aromatic carbocycles. The van der Waals surface area contributed by atoms with Crippen molar-refractivity contribution in [3.63, 3.8) is 0 Å². The van der Waals surface area contributed by atoms with Crippen LogP contribution in [0.3, 0.4) is 0 Å². The summed E-state index contributed by atoms with van der Waals surface area (Å²) in [5, 5.41) is 3.67. The van der Waals surface area contributed by atoms with Gasteiger partial charge in [0, 0.05) is 6.42 Å². The maximum atomic E-state index is 11.6. The quantitative estimate of drug-likeness (QED) is 0.596. The van der Waals surface area contributed by atoms with E-state index in [2.05, 4.69) is 22.1 Å². The second-order valence-corrected chi connectivity index (χ2v) is 5.61. The van der Waals surface area contributed by atoms with Crippen molar-refractivity contribution in [1.82, 2.24) is 0 Å². The van der Waals surface area contributed by atoms with Crippen molar-refractivity contribution in [2.24, 2.45) is 5.16 Å². The Kier molecular flexibility index (Phi) is 5.14. The largest absolute Gasteiger partial charge is 0.493 e. The summed E-state index contributed by atoms with van der Waals surface area (Å²) in [4.78, 5) is 16.3. The average Bonchev–Trinajstić information content (AvgIpc) is 2.95. The van der Waals surface area contributed by atoms with Crippen LogP contribution in [-0.4, -0.2) is 25.4 Å². The van der Waals surface area contributed by atoms with Gasteiger partial charge in [-0.05, 0) is 36.3 Å². The lowest BCUT2D eigenvalue weighted by atomic mass is 10.1. The van der Waals surface area contributed by atoms with Gasteiger partial charge in [-0.3, -0.25) is 0 Å². The smallest absolute Gasteiger partial charge is 0.367 e. The Morgan fingerprint density at radius 2 is 1.92 bits per heavy atom. The fourth-order valence-electron chi connectivity index (χ4n) is 2.50. The first-order valence-electron chi connectivity index (χ1n) is 8.00. The minimum atomic E-state index is -0.445. The molecule has 1 aliphatic heterocycles. The van der Waals surface area contributed by atoms with Crippen LogP contribution in [-0.2, 0) is 16.1 Å². The average molecular weight is 337 g/mol. The molecule has 0 aromatic heterocycles. The zero-order valence-corrected chi connectivity index (χ0v) is 14.2. The highest BCUT2D eigenvalue weighted by atomic mass is 16.7. The van der Waals surface area contributed by atoms with Crippen molar-refractivity contribution < 1.29 is 19.1 Å². The van der Waals surface area contributed by atoms with Crippen LogP contribution in [0.25, 0.3) is 6.08 Å². The lowest BCUT2D eigenvalue weighted by molar-refractivity contribution is -0.136. The summed E-state index contributed by atoms with van der Waals surface area (Å²) in [6.07, 6.45) is 2.54. The molecule has 5 heteroatoms. The van der Waals surface area contributed by atoms with Gasteiger partial charge in [-0.25, -0.2) is 4.79 Å². The van der Waals surface area contributed by atoms with Crippen LogP contribution < -0.4 is 9.47 Å². The van der Waals surface area contributed by atoms with Gasteiger partial charge in [-0.15, -0.1) is 0 Å². The van der Waals surface area contributed by atoms with E-state index in [1.165, 1.54) is 5.56 Å². The van der Waals surface area contributed by atoms with Crippen LogP contribution in [0.5, 0.6) is 11.5 Å². The Bertz CT molecular complexity index is 825. The van der Waals surface area contributed by atoms with Gasteiger partial charge in [0.1, 0.15) is 0 Å². The van der Waals surface area contributed by atoms with Crippen molar-refractivity contribution in [3.05, 3.63) is 65.2 Å². The molecule has 0 spiro atoms. The number of carbonyl (C=O) groups excluding carboxylic acids is 1. The van der Waals surface area contributed by atoms with E-state index < -0.39 is 5.97 Å². The van der Waals surface area contributed by atoms with Crippen molar-refractivity contribution in [2.45, 2.75) is 13.3 Å². The topological polar surface area (TPSA) is 57.1 Å². The number of hydrogen-bond acceptors (Lipinski definition) is 5. The standard InChI is InChI=1S/C20H19NO4/c1-14-17(20(22)25-21-14)12-16-8-9-18(19(13-16)23-2)24-11-10-15-6-4-3-5-7-15/h3-9,12-13H,10-11H2,1-2H3/b17-12+. The maximum absolute atomic E-state index is 11.6. The molecule has 3 rings (SSSR count). The molecule has 0 unspecified atom stereocenters. The van der Waals surface area contributed by atoms with E-state index >= 15 is 0 Å². The van der Waals surface area contributed by atoms with Gasteiger partial charge in [0.2, 0.25) is 0 Å². The molecule has 2 aromatic rings. The van der Waals surface area contributed by atoms with Gasteiger partial charge in [0.25, 0.3) is 0 Å². The monoisotopic (exact) mass is 337 g/mol. The molecule has 0 saturated heterocycles. The molecule has 25 heavy (non-hydrogen) atoms. The number of carbonyl (C=O) groups is 1. The summed E-state index contributed by atoms with van der Waals surface area (Å²) in [7, 11) is 1.59. The molecule has 128 valence electrons. The molecule has 1 aliphatic rings. The van der Waals surface area contributed by atoms with Crippen molar-refractivity contribution >= 4 is 17.8 Å². The van der Waals surface area contributed by atoms with Crippen LogP contribution in [0, 0.1) is 0 Å². The first kappa shape index (κ1) is 16.8. The van der Waals surface area contributed by atoms with Crippen molar-refractivity contribution in [3.8, 4) is 11.5 Å². The van der Waals surface area contributed by atoms with Crippen molar-refractivity contribution in [1.29, 1.82) is 0 Å². The number of nitrogens with zero attached hydrogens (tertiary/aromatic N) is 1. The fraction of sp³-hybridized carbons (Fsp3) is 0.200. The number of benzene rings is 2. The zero-order valence-electron chi connectivity index (χ0n) is 14.2. The molecule has 0 atom stereocenters. The predicted molar refractivity (Wildman–Crippen MR) is 95.8 cm³/mol. The van der Waals surface area contributed by atoms with Gasteiger partial charge in [-0.1, -0.05) is 41.6 Å². The van der Waals surface area contributed by atoms with Crippen LogP contribution in [0.2, 0.25) is 0 Å². The maximum Gasteiger partial charge on any atom is 0.367 e. The van der Waals surface area contributed by atoms with Gasteiger partial charge in [-0.2, -0.15) is 0 Å². The summed E-state index contributed by atoms with van der Waals surface area (Å²) >= 11 is 0. The third kappa shape index (κ3) is 4.07. The third-order valence-electron chi connectivity index (χ3n) is 3.87. The Labute approximate surface area is 146 Å². The molecular formula is C20H19NO4. The summed E-state index contributed by atoms with van der Waals surface area (Å²) in [6, 6.07) is 15.7. The van der Waals surface area contributed by atoms with Crippen molar-refractivity contribution in [2.75, 3.05) is 13.7 Å². The molecule has 0 saturated carbocycles. The van der Waals surface area contributed by atoms with Crippen LogP contribution in [0.1, 0.15) is 18.1 Å². The highest BCUT2D eigenvalue weighted by Gasteiger charge is 2.21. The number of rotatable bonds is 6. The normalized spacial score (nSPS) is 15.0. The van der Waals surface area contributed by atoms with E-state index in [0.29, 0.717) is 29.4 Å². The zero-order chi connectivity index (χ0) is 17.6. The van der Waals surface area contributed by atoms with Crippen LogP contribution >= 0.6 is 0 Å². The predicted octanol–water partition coefficient (Wildman–Crippen LogP) is 3.63. The molecule has 0 aliphatic carbocycles.